The number of aromatic nitrogens is 5. The summed E-state index contributed by atoms with van der Waals surface area (Å²) < 4.78 is 0. The van der Waals surface area contributed by atoms with Crippen molar-refractivity contribution in [3.63, 3.8) is 0 Å². The monoisotopic (exact) mass is 613 g/mol. The zero-order valence-corrected chi connectivity index (χ0v) is 25.8. The first kappa shape index (κ1) is 27.7. The van der Waals surface area contributed by atoms with Gasteiger partial charge in [-0.2, -0.15) is 0 Å². The zero-order valence-electron chi connectivity index (χ0n) is 25.8. The predicted molar refractivity (Wildman–Crippen MR) is 195 cm³/mol. The van der Waals surface area contributed by atoms with Crippen molar-refractivity contribution in [2.24, 2.45) is 0 Å². The second kappa shape index (κ2) is 11.6. The van der Waals surface area contributed by atoms with Gasteiger partial charge in [0.15, 0.2) is 0 Å². The molecule has 5 nitrogen and oxygen atoms in total. The zero-order chi connectivity index (χ0) is 31.9. The van der Waals surface area contributed by atoms with Crippen LogP contribution in [0.4, 0.5) is 0 Å². The molecule has 0 saturated carbocycles. The molecule has 5 heterocycles. The first-order chi connectivity index (χ1) is 23.7. The van der Waals surface area contributed by atoms with Crippen LogP contribution >= 0.6 is 0 Å². The van der Waals surface area contributed by atoms with Crippen LogP contribution in [0.5, 0.6) is 0 Å². The molecule has 0 spiro atoms. The molecule has 0 saturated heterocycles. The minimum atomic E-state index is 0.805. The summed E-state index contributed by atoms with van der Waals surface area (Å²) in [6, 6.07) is 52.1. The Labute approximate surface area is 277 Å². The van der Waals surface area contributed by atoms with E-state index in [0.29, 0.717) is 0 Å². The van der Waals surface area contributed by atoms with Gasteiger partial charge in [0.25, 0.3) is 0 Å². The summed E-state index contributed by atoms with van der Waals surface area (Å²) in [5.41, 5.74) is 11.2. The van der Waals surface area contributed by atoms with Gasteiger partial charge in [-0.05, 0) is 82.6 Å². The molecule has 5 aromatic heterocycles. The lowest BCUT2D eigenvalue weighted by atomic mass is 9.97. The smallest absolute Gasteiger partial charge is 0.0972 e. The molecule has 4 aromatic carbocycles. The number of fused-ring (bicyclic) bond motifs is 4. The van der Waals surface area contributed by atoms with Crippen molar-refractivity contribution in [2.75, 3.05) is 0 Å². The highest BCUT2D eigenvalue weighted by Gasteiger charge is 2.13. The molecule has 0 atom stereocenters. The van der Waals surface area contributed by atoms with Crippen LogP contribution in [0.1, 0.15) is 0 Å². The lowest BCUT2D eigenvalue weighted by molar-refractivity contribution is 1.22. The molecule has 0 aliphatic heterocycles. The Balaban J connectivity index is 1.15. The van der Waals surface area contributed by atoms with E-state index in [2.05, 4.69) is 107 Å². The number of pyridine rings is 5. The van der Waals surface area contributed by atoms with Crippen LogP contribution < -0.4 is 0 Å². The molecule has 9 rings (SSSR count). The normalized spacial score (nSPS) is 11.3. The van der Waals surface area contributed by atoms with Gasteiger partial charge in [0, 0.05) is 34.3 Å². The Morgan fingerprint density at radius 1 is 0.271 bits per heavy atom. The second-order valence-corrected chi connectivity index (χ2v) is 11.8. The Morgan fingerprint density at radius 2 is 0.792 bits per heavy atom. The van der Waals surface area contributed by atoms with Crippen molar-refractivity contribution >= 4 is 32.6 Å². The Bertz CT molecular complexity index is 2550. The summed E-state index contributed by atoms with van der Waals surface area (Å²) >= 11 is 0. The highest BCUT2D eigenvalue weighted by atomic mass is 14.8. The molecule has 0 bridgehead atoms. The highest BCUT2D eigenvalue weighted by Crippen LogP contribution is 2.33. The van der Waals surface area contributed by atoms with Crippen molar-refractivity contribution in [2.45, 2.75) is 0 Å². The van der Waals surface area contributed by atoms with Gasteiger partial charge in [0.1, 0.15) is 0 Å². The molecule has 0 radical (unpaired) electrons. The molecule has 5 heteroatoms. The maximum absolute atomic E-state index is 5.20. The van der Waals surface area contributed by atoms with Crippen LogP contribution in [0.25, 0.3) is 89.0 Å². The van der Waals surface area contributed by atoms with Gasteiger partial charge >= 0.3 is 0 Å². The largest absolute Gasteiger partial charge is 0.255 e. The lowest BCUT2D eigenvalue weighted by Gasteiger charge is -2.11. The molecule has 0 amide bonds. The molecule has 224 valence electrons. The van der Waals surface area contributed by atoms with Gasteiger partial charge in [-0.15, -0.1) is 0 Å². The van der Waals surface area contributed by atoms with E-state index in [-0.39, 0.29) is 0 Å². The molecular formula is C43H27N5. The van der Waals surface area contributed by atoms with E-state index < -0.39 is 0 Å². The fourth-order valence-corrected chi connectivity index (χ4v) is 6.27. The standard InChI is InChI=1S/C43H27N5/c1-2-8-29(9-3-1)36-20-18-30-14-15-31-19-21-37(48-43(31)42(30)47-36)33-17-13-28-12-16-32(24-34(28)25-33)35-26-40(38-10-4-6-22-44-38)46-41(27-35)39-11-5-7-23-45-39/h1-27H. The van der Waals surface area contributed by atoms with Crippen LogP contribution in [0.3, 0.4) is 0 Å². The van der Waals surface area contributed by atoms with Crippen molar-refractivity contribution in [1.82, 2.24) is 24.9 Å². The van der Waals surface area contributed by atoms with Crippen LogP contribution in [0, 0.1) is 0 Å². The van der Waals surface area contributed by atoms with Gasteiger partial charge in [-0.3, -0.25) is 9.97 Å². The first-order valence-corrected chi connectivity index (χ1v) is 15.9. The topological polar surface area (TPSA) is 64.5 Å². The van der Waals surface area contributed by atoms with E-state index in [1.54, 1.807) is 12.4 Å². The van der Waals surface area contributed by atoms with Crippen LogP contribution in [-0.2, 0) is 0 Å². The van der Waals surface area contributed by atoms with Crippen molar-refractivity contribution < 1.29 is 0 Å². The van der Waals surface area contributed by atoms with Gasteiger partial charge < -0.3 is 0 Å². The van der Waals surface area contributed by atoms with Crippen molar-refractivity contribution in [3.8, 4) is 56.4 Å². The SMILES string of the molecule is c1ccc(-c2ccc3ccc4ccc(-c5ccc6ccc(-c7cc(-c8ccccn8)nc(-c8ccccn8)c7)cc6c5)nc4c3n2)cc1. The van der Waals surface area contributed by atoms with E-state index in [1.165, 1.54) is 0 Å². The quantitative estimate of drug-likeness (QED) is 0.181. The molecule has 0 aliphatic rings. The van der Waals surface area contributed by atoms with Gasteiger partial charge in [-0.1, -0.05) is 91.0 Å². The van der Waals surface area contributed by atoms with Crippen LogP contribution in [0.15, 0.2) is 164 Å². The summed E-state index contributed by atoms with van der Waals surface area (Å²) in [4.78, 5) is 24.4. The number of nitrogens with zero attached hydrogens (tertiary/aromatic N) is 5. The van der Waals surface area contributed by atoms with E-state index in [4.69, 9.17) is 15.0 Å². The lowest BCUT2D eigenvalue weighted by Crippen LogP contribution is -1.94. The molecule has 48 heavy (non-hydrogen) atoms. The maximum atomic E-state index is 5.20. The second-order valence-electron chi connectivity index (χ2n) is 11.8. The van der Waals surface area contributed by atoms with E-state index in [9.17, 15) is 0 Å². The molecule has 0 fully saturated rings. The predicted octanol–water partition coefficient (Wildman–Crippen LogP) is 10.5. The fourth-order valence-electron chi connectivity index (χ4n) is 6.27. The van der Waals surface area contributed by atoms with Crippen molar-refractivity contribution in [1.29, 1.82) is 0 Å². The Hall–Kier alpha value is -6.59. The van der Waals surface area contributed by atoms with E-state index in [1.807, 2.05) is 54.6 Å². The highest BCUT2D eigenvalue weighted by molar-refractivity contribution is 6.04. The average molecular weight is 614 g/mol. The molecule has 0 aliphatic carbocycles. The average Bonchev–Trinajstić information content (AvgIpc) is 3.18. The number of benzene rings is 4. The number of hydrogen-bond acceptors (Lipinski definition) is 5. The maximum Gasteiger partial charge on any atom is 0.0972 e. The summed E-state index contributed by atoms with van der Waals surface area (Å²) in [7, 11) is 0. The Morgan fingerprint density at radius 3 is 1.40 bits per heavy atom. The molecule has 0 unspecified atom stereocenters. The number of rotatable bonds is 5. The first-order valence-electron chi connectivity index (χ1n) is 15.9. The summed E-state index contributed by atoms with van der Waals surface area (Å²) in [5.74, 6) is 0. The van der Waals surface area contributed by atoms with Gasteiger partial charge in [0.2, 0.25) is 0 Å². The Kier molecular flexibility index (Phi) is 6.72. The third-order valence-electron chi connectivity index (χ3n) is 8.74. The third kappa shape index (κ3) is 5.13. The van der Waals surface area contributed by atoms with Gasteiger partial charge in [-0.25, -0.2) is 15.0 Å². The number of hydrogen-bond donors (Lipinski definition) is 0. The van der Waals surface area contributed by atoms with Crippen molar-refractivity contribution in [3.05, 3.63) is 164 Å². The minimum absolute atomic E-state index is 0.805. The van der Waals surface area contributed by atoms with Gasteiger partial charge in [0.05, 0.1) is 45.2 Å². The summed E-state index contributed by atoms with van der Waals surface area (Å²) in [5, 5.41) is 4.43. The van der Waals surface area contributed by atoms with E-state index >= 15 is 0 Å². The molecule has 0 N–H and O–H groups in total. The van der Waals surface area contributed by atoms with E-state index in [0.717, 1.165) is 89.0 Å². The molecular weight excluding hydrogens is 587 g/mol. The molecule has 9 aromatic rings. The minimum Gasteiger partial charge on any atom is -0.255 e. The van der Waals surface area contributed by atoms with Crippen LogP contribution in [0.2, 0.25) is 0 Å². The third-order valence-corrected chi connectivity index (χ3v) is 8.74. The summed E-state index contributed by atoms with van der Waals surface area (Å²) in [6.07, 6.45) is 3.59. The van der Waals surface area contributed by atoms with Crippen LogP contribution in [-0.4, -0.2) is 24.9 Å². The fraction of sp³-hybridized carbons (Fsp3) is 0. The summed E-state index contributed by atoms with van der Waals surface area (Å²) in [6.45, 7) is 0.